The number of amides is 4. The van der Waals surface area contributed by atoms with Gasteiger partial charge in [0, 0.05) is 59.8 Å². The Morgan fingerprint density at radius 3 is 1.29 bits per heavy atom. The normalized spacial score (nSPS) is 11.6. The van der Waals surface area contributed by atoms with Crippen molar-refractivity contribution in [2.45, 2.75) is 98.8 Å². The molecule has 12 N–H and O–H groups in total. The average Bonchev–Trinajstić information content (AvgIpc) is 3.15. The maximum absolute atomic E-state index is 12.8. The summed E-state index contributed by atoms with van der Waals surface area (Å²) in [6.07, 6.45) is 6.03. The highest BCUT2D eigenvalue weighted by Crippen LogP contribution is 2.40. The third-order valence-corrected chi connectivity index (χ3v) is 13.8. The van der Waals surface area contributed by atoms with Crippen LogP contribution in [0.5, 0.6) is 23.0 Å². The van der Waals surface area contributed by atoms with Crippen LogP contribution < -0.4 is 63.1 Å². The molecule has 2 aromatic heterocycles. The number of primary amides is 2. The van der Waals surface area contributed by atoms with Crippen molar-refractivity contribution in [3.05, 3.63) is 178 Å². The van der Waals surface area contributed by atoms with E-state index in [2.05, 4.69) is 31.2 Å². The molecular formula is C65H76N10O8. The number of anilines is 4. The Hall–Kier alpha value is -9.26. The number of nitrogens with two attached hydrogens (primary N) is 4. The van der Waals surface area contributed by atoms with E-state index in [-0.39, 0.29) is 22.9 Å². The van der Waals surface area contributed by atoms with Crippen LogP contribution in [0.15, 0.2) is 134 Å². The van der Waals surface area contributed by atoms with Gasteiger partial charge in [0.25, 0.3) is 11.8 Å². The molecule has 6 aromatic carbocycles. The van der Waals surface area contributed by atoms with Crippen molar-refractivity contribution in [3.8, 4) is 23.0 Å². The van der Waals surface area contributed by atoms with Crippen LogP contribution in [0, 0.1) is 0 Å². The minimum absolute atomic E-state index is 0.198. The molecule has 83 heavy (non-hydrogen) atoms. The number of benzene rings is 6. The van der Waals surface area contributed by atoms with Crippen molar-refractivity contribution in [2.24, 2.45) is 22.9 Å². The summed E-state index contributed by atoms with van der Waals surface area (Å²) < 4.78 is 23.2. The molecule has 8 rings (SSSR count). The molecule has 18 heteroatoms. The maximum atomic E-state index is 12.8. The molecule has 0 aliphatic carbocycles. The second-order valence-corrected chi connectivity index (χ2v) is 19.4. The van der Waals surface area contributed by atoms with Gasteiger partial charge in [-0.1, -0.05) is 98.8 Å². The zero-order valence-electron chi connectivity index (χ0n) is 48.1. The van der Waals surface area contributed by atoms with Crippen LogP contribution in [0.25, 0.3) is 21.8 Å². The van der Waals surface area contributed by atoms with Crippen molar-refractivity contribution < 1.29 is 38.1 Å². The summed E-state index contributed by atoms with van der Waals surface area (Å²) in [4.78, 5) is 59.5. The number of hydrogen-bond donors (Lipinski definition) is 8. The SMILES string of the molecule is CCOc1cc2ncc(C(N)=O)c(Nc3cccc(CNC(=O)[C@@H](N)CCc4ccccc4)c3CC)c2cc1OCC.CCOc1cc2ncc(C(N)=O)c(Nc3cccc(CNC(=O)[C@H](N)Cc4ccccc4)c3CC)c2cc1OCC. The molecule has 0 radical (unpaired) electrons. The van der Waals surface area contributed by atoms with Crippen LogP contribution in [0.4, 0.5) is 22.7 Å². The zero-order chi connectivity index (χ0) is 59.4. The molecular weight excluding hydrogens is 1050 g/mol. The summed E-state index contributed by atoms with van der Waals surface area (Å²) in [5, 5.41) is 14.2. The van der Waals surface area contributed by atoms with Crippen LogP contribution in [-0.2, 0) is 48.4 Å². The van der Waals surface area contributed by atoms with E-state index >= 15 is 0 Å². The Bertz CT molecular complexity index is 3530. The average molecular weight is 1130 g/mol. The van der Waals surface area contributed by atoms with E-state index in [4.69, 9.17) is 41.9 Å². The molecule has 0 aliphatic rings. The Morgan fingerprint density at radius 2 is 0.892 bits per heavy atom. The minimum Gasteiger partial charge on any atom is -0.490 e. The van der Waals surface area contributed by atoms with Crippen molar-refractivity contribution in [3.63, 3.8) is 0 Å². The van der Waals surface area contributed by atoms with Gasteiger partial charge in [0.1, 0.15) is 0 Å². The van der Waals surface area contributed by atoms with Gasteiger partial charge in [-0.05, 0) is 117 Å². The van der Waals surface area contributed by atoms with E-state index in [1.54, 1.807) is 12.1 Å². The van der Waals surface area contributed by atoms with Crippen LogP contribution >= 0.6 is 0 Å². The molecule has 0 fully saturated rings. The number of fused-ring (bicyclic) bond motifs is 2. The van der Waals surface area contributed by atoms with E-state index in [1.807, 2.05) is 151 Å². The highest BCUT2D eigenvalue weighted by Gasteiger charge is 2.22. The number of hydrogen-bond acceptors (Lipinski definition) is 14. The lowest BCUT2D eigenvalue weighted by Crippen LogP contribution is -2.41. The fraction of sp³-hybridized carbons (Fsp3) is 0.292. The van der Waals surface area contributed by atoms with Gasteiger partial charge < -0.3 is 63.1 Å². The van der Waals surface area contributed by atoms with Crippen molar-refractivity contribution >= 4 is 68.2 Å². The molecule has 0 saturated carbocycles. The van der Waals surface area contributed by atoms with E-state index in [9.17, 15) is 19.2 Å². The number of rotatable bonds is 27. The number of ether oxygens (including phenoxy) is 4. The Labute approximate surface area is 485 Å². The quantitative estimate of drug-likeness (QED) is 0.0238. The number of aryl methyl sites for hydroxylation is 1. The first kappa shape index (κ1) is 61.4. The second kappa shape index (κ2) is 30.0. The molecule has 0 saturated heterocycles. The summed E-state index contributed by atoms with van der Waals surface area (Å²) in [5.74, 6) is 0.611. The van der Waals surface area contributed by atoms with Gasteiger partial charge in [-0.2, -0.15) is 0 Å². The third kappa shape index (κ3) is 15.8. The van der Waals surface area contributed by atoms with Gasteiger partial charge in [-0.3, -0.25) is 29.1 Å². The first-order chi connectivity index (χ1) is 40.2. The van der Waals surface area contributed by atoms with E-state index in [0.29, 0.717) is 121 Å². The molecule has 8 aromatic rings. The zero-order valence-corrected chi connectivity index (χ0v) is 48.1. The smallest absolute Gasteiger partial charge is 0.252 e. The largest absolute Gasteiger partial charge is 0.490 e. The van der Waals surface area contributed by atoms with Crippen LogP contribution in [0.2, 0.25) is 0 Å². The highest BCUT2D eigenvalue weighted by atomic mass is 16.5. The van der Waals surface area contributed by atoms with Gasteiger partial charge >= 0.3 is 0 Å². The first-order valence-electron chi connectivity index (χ1n) is 28.2. The number of nitrogens with zero attached hydrogens (tertiary/aromatic N) is 2. The number of carbonyl (C=O) groups is 4. The first-order valence-corrected chi connectivity index (χ1v) is 28.2. The van der Waals surface area contributed by atoms with Gasteiger partial charge in [-0.25, -0.2) is 0 Å². The van der Waals surface area contributed by atoms with Gasteiger partial charge in [-0.15, -0.1) is 0 Å². The summed E-state index contributed by atoms with van der Waals surface area (Å²) in [7, 11) is 0. The standard InChI is InChI=1S/C33H39N5O4.C32H37N5O4/c1-4-23-22(19-37-33(40)26(34)16-15-21-11-8-7-9-12-21)13-10-14-27(23)38-31-24-17-29(41-5-2)30(42-6-3)18-28(24)36-20-25(31)32(35)39;1-4-22-21(18-36-32(39)25(33)15-20-11-8-7-9-12-20)13-10-14-26(22)37-30-23-16-28(40-5-2)29(41-6-3)17-27(23)35-19-24(30)31(34)38/h7-14,17-18,20,26H,4-6,15-16,19,34H2,1-3H3,(H2,35,39)(H,36,38)(H,37,40);7-14,16-17,19,25H,4-6,15,18,33H2,1-3H3,(H2,34,38)(H,35,37)(H,36,39)/t26-;25-/m01/s1. The molecule has 2 atom stereocenters. The van der Waals surface area contributed by atoms with Gasteiger partial charge in [0.15, 0.2) is 23.0 Å². The van der Waals surface area contributed by atoms with Crippen LogP contribution in [0.1, 0.15) is 102 Å². The van der Waals surface area contributed by atoms with E-state index in [1.165, 1.54) is 12.4 Å². The number of carbonyl (C=O) groups excluding carboxylic acids is 4. The molecule has 434 valence electrons. The molecule has 0 unspecified atom stereocenters. The van der Waals surface area contributed by atoms with Gasteiger partial charge in [0.2, 0.25) is 11.8 Å². The van der Waals surface area contributed by atoms with Crippen molar-refractivity contribution in [1.29, 1.82) is 0 Å². The van der Waals surface area contributed by atoms with Gasteiger partial charge in [0.05, 0.1) is 72.0 Å². The van der Waals surface area contributed by atoms with Crippen molar-refractivity contribution in [2.75, 3.05) is 37.1 Å². The number of aromatic nitrogens is 2. The molecule has 0 aliphatic heterocycles. The van der Waals surface area contributed by atoms with E-state index < -0.39 is 23.9 Å². The summed E-state index contributed by atoms with van der Waals surface area (Å²) in [6.45, 7) is 14.1. The number of pyridine rings is 2. The molecule has 2 heterocycles. The van der Waals surface area contributed by atoms with Crippen LogP contribution in [-0.4, -0.2) is 72.1 Å². The summed E-state index contributed by atoms with van der Waals surface area (Å²) in [6, 6.07) is 37.2. The predicted octanol–water partition coefficient (Wildman–Crippen LogP) is 9.64. The van der Waals surface area contributed by atoms with E-state index in [0.717, 1.165) is 51.2 Å². The lowest BCUT2D eigenvalue weighted by Gasteiger charge is -2.20. The Balaban J connectivity index is 0.000000239. The minimum atomic E-state index is -0.661. The Kier molecular flexibility index (Phi) is 22.2. The number of nitrogens with one attached hydrogen (secondary N) is 4. The summed E-state index contributed by atoms with van der Waals surface area (Å²) in [5.41, 5.74) is 34.3. The molecule has 4 amide bonds. The topological polar surface area (TPSA) is 283 Å². The highest BCUT2D eigenvalue weighted by molar-refractivity contribution is 6.09. The predicted molar refractivity (Wildman–Crippen MR) is 328 cm³/mol. The second-order valence-electron chi connectivity index (χ2n) is 19.4. The molecule has 0 spiro atoms. The molecule has 0 bridgehead atoms. The third-order valence-electron chi connectivity index (χ3n) is 13.8. The van der Waals surface area contributed by atoms with Crippen LogP contribution in [0.3, 0.4) is 0 Å². The maximum Gasteiger partial charge on any atom is 0.252 e. The van der Waals surface area contributed by atoms with Crippen molar-refractivity contribution in [1.82, 2.24) is 20.6 Å². The lowest BCUT2D eigenvalue weighted by atomic mass is 10.0. The lowest BCUT2D eigenvalue weighted by molar-refractivity contribution is -0.123. The fourth-order valence-electron chi connectivity index (χ4n) is 9.74. The fourth-order valence-corrected chi connectivity index (χ4v) is 9.74. The monoisotopic (exact) mass is 1120 g/mol. The Morgan fingerprint density at radius 1 is 0.494 bits per heavy atom. The summed E-state index contributed by atoms with van der Waals surface area (Å²) >= 11 is 0. The molecule has 18 nitrogen and oxygen atoms in total.